The summed E-state index contributed by atoms with van der Waals surface area (Å²) < 4.78 is 11.4. The number of hydrogen-bond acceptors (Lipinski definition) is 5. The number of ether oxygens (including phenoxy) is 1. The Kier molecular flexibility index (Phi) is 4.06. The van der Waals surface area contributed by atoms with E-state index in [0.29, 0.717) is 11.7 Å². The lowest BCUT2D eigenvalue weighted by molar-refractivity contribution is -0.0609. The molecule has 0 aliphatic heterocycles. The van der Waals surface area contributed by atoms with Crippen LogP contribution in [-0.2, 0) is 15.9 Å². The molecule has 0 aromatic carbocycles. The summed E-state index contributed by atoms with van der Waals surface area (Å²) in [6, 6.07) is 0. The van der Waals surface area contributed by atoms with Gasteiger partial charge >= 0.3 is 0 Å². The molecule has 0 amide bonds. The molecule has 0 spiro atoms. The molecule has 5 nitrogen and oxygen atoms in total. The van der Waals surface area contributed by atoms with Gasteiger partial charge in [-0.2, -0.15) is 4.98 Å². The SMILES string of the molecule is COC1(c2noc(C3(N)CCCCC3)n2)CCC(C)CC1. The number of methoxy groups -OCH3 is 1. The fourth-order valence-electron chi connectivity index (χ4n) is 3.75. The van der Waals surface area contributed by atoms with Gasteiger partial charge in [-0.25, -0.2) is 0 Å². The molecule has 5 heteroatoms. The molecule has 2 saturated carbocycles. The molecule has 2 N–H and O–H groups in total. The second kappa shape index (κ2) is 5.69. The Morgan fingerprint density at radius 2 is 1.81 bits per heavy atom. The predicted molar refractivity (Wildman–Crippen MR) is 79.6 cm³/mol. The van der Waals surface area contributed by atoms with E-state index in [0.717, 1.165) is 57.3 Å². The molecule has 3 rings (SSSR count). The van der Waals surface area contributed by atoms with Gasteiger partial charge < -0.3 is 15.0 Å². The van der Waals surface area contributed by atoms with Crippen LogP contribution < -0.4 is 5.73 Å². The normalized spacial score (nSPS) is 33.0. The van der Waals surface area contributed by atoms with Crippen molar-refractivity contribution in [1.82, 2.24) is 10.1 Å². The van der Waals surface area contributed by atoms with E-state index in [9.17, 15) is 0 Å². The Morgan fingerprint density at radius 1 is 1.14 bits per heavy atom. The third-order valence-corrected chi connectivity index (χ3v) is 5.48. The number of aromatic nitrogens is 2. The van der Waals surface area contributed by atoms with E-state index in [2.05, 4.69) is 17.1 Å². The first-order valence-corrected chi connectivity index (χ1v) is 8.27. The fourth-order valence-corrected chi connectivity index (χ4v) is 3.75. The molecule has 0 saturated heterocycles. The highest BCUT2D eigenvalue weighted by Gasteiger charge is 2.42. The van der Waals surface area contributed by atoms with Gasteiger partial charge in [-0.3, -0.25) is 0 Å². The Balaban J connectivity index is 1.83. The maximum atomic E-state index is 6.49. The van der Waals surface area contributed by atoms with Crippen molar-refractivity contribution in [3.63, 3.8) is 0 Å². The van der Waals surface area contributed by atoms with Gasteiger partial charge in [0.15, 0.2) is 0 Å². The summed E-state index contributed by atoms with van der Waals surface area (Å²) in [6.45, 7) is 2.29. The molecule has 1 heterocycles. The van der Waals surface area contributed by atoms with Gasteiger partial charge in [-0.1, -0.05) is 31.3 Å². The Labute approximate surface area is 126 Å². The van der Waals surface area contributed by atoms with Gasteiger partial charge in [0.05, 0.1) is 5.54 Å². The molecule has 2 aliphatic rings. The first kappa shape index (κ1) is 15.0. The quantitative estimate of drug-likeness (QED) is 0.926. The van der Waals surface area contributed by atoms with Crippen molar-refractivity contribution in [2.75, 3.05) is 7.11 Å². The van der Waals surface area contributed by atoms with Crippen LogP contribution in [0.2, 0.25) is 0 Å². The Morgan fingerprint density at radius 3 is 2.43 bits per heavy atom. The van der Waals surface area contributed by atoms with Crippen molar-refractivity contribution in [3.05, 3.63) is 11.7 Å². The summed E-state index contributed by atoms with van der Waals surface area (Å²) in [5.41, 5.74) is 5.69. The monoisotopic (exact) mass is 293 g/mol. The molecule has 0 radical (unpaired) electrons. The van der Waals surface area contributed by atoms with Crippen LogP contribution in [-0.4, -0.2) is 17.3 Å². The van der Waals surface area contributed by atoms with Crippen LogP contribution in [0.5, 0.6) is 0 Å². The molecule has 1 aromatic rings. The highest BCUT2D eigenvalue weighted by Crippen LogP contribution is 2.42. The molecular weight excluding hydrogens is 266 g/mol. The Hall–Kier alpha value is -0.940. The van der Waals surface area contributed by atoms with Crippen molar-refractivity contribution >= 4 is 0 Å². The molecule has 2 fully saturated rings. The van der Waals surface area contributed by atoms with Gasteiger partial charge in [0.2, 0.25) is 11.7 Å². The first-order valence-electron chi connectivity index (χ1n) is 8.27. The van der Waals surface area contributed by atoms with Crippen molar-refractivity contribution in [2.45, 2.75) is 75.9 Å². The zero-order valence-electron chi connectivity index (χ0n) is 13.2. The van der Waals surface area contributed by atoms with Crippen LogP contribution in [0.15, 0.2) is 4.52 Å². The van der Waals surface area contributed by atoms with Crippen LogP contribution in [0.1, 0.15) is 76.4 Å². The third-order valence-electron chi connectivity index (χ3n) is 5.48. The minimum absolute atomic E-state index is 0.376. The largest absolute Gasteiger partial charge is 0.370 e. The molecule has 0 bridgehead atoms. The van der Waals surface area contributed by atoms with Crippen molar-refractivity contribution < 1.29 is 9.26 Å². The first-order chi connectivity index (χ1) is 10.1. The van der Waals surface area contributed by atoms with Gasteiger partial charge in [-0.15, -0.1) is 0 Å². The fraction of sp³-hybridized carbons (Fsp3) is 0.875. The second-order valence-corrected chi connectivity index (χ2v) is 7.02. The standard InChI is InChI=1S/C16H27N3O2/c1-12-6-10-16(20-2,11-7-12)13-18-14(21-19-13)15(17)8-4-3-5-9-15/h12H,3-11,17H2,1-2H3. The molecule has 118 valence electrons. The van der Waals surface area contributed by atoms with Crippen LogP contribution >= 0.6 is 0 Å². The molecule has 0 unspecified atom stereocenters. The zero-order chi connectivity index (χ0) is 14.9. The lowest BCUT2D eigenvalue weighted by atomic mass is 9.79. The van der Waals surface area contributed by atoms with E-state index >= 15 is 0 Å². The smallest absolute Gasteiger partial charge is 0.246 e. The number of nitrogens with zero attached hydrogens (tertiary/aromatic N) is 2. The second-order valence-electron chi connectivity index (χ2n) is 7.02. The van der Waals surface area contributed by atoms with E-state index < -0.39 is 5.54 Å². The average Bonchev–Trinajstić information content (AvgIpc) is 3.01. The van der Waals surface area contributed by atoms with E-state index in [1.807, 2.05) is 0 Å². The van der Waals surface area contributed by atoms with Crippen LogP contribution in [0.3, 0.4) is 0 Å². The predicted octanol–water partition coefficient (Wildman–Crippen LogP) is 3.24. The highest BCUT2D eigenvalue weighted by atomic mass is 16.5. The molecule has 0 atom stereocenters. The molecule has 21 heavy (non-hydrogen) atoms. The minimum Gasteiger partial charge on any atom is -0.370 e. The van der Waals surface area contributed by atoms with Gasteiger partial charge in [-0.05, 0) is 44.4 Å². The van der Waals surface area contributed by atoms with E-state index in [1.165, 1.54) is 6.42 Å². The van der Waals surface area contributed by atoms with E-state index in [4.69, 9.17) is 15.0 Å². The summed E-state index contributed by atoms with van der Waals surface area (Å²) >= 11 is 0. The molecular formula is C16H27N3O2. The number of rotatable bonds is 3. The van der Waals surface area contributed by atoms with Crippen molar-refractivity contribution in [3.8, 4) is 0 Å². The molecule has 1 aromatic heterocycles. The maximum absolute atomic E-state index is 6.49. The summed E-state index contributed by atoms with van der Waals surface area (Å²) in [6.07, 6.45) is 9.61. The summed E-state index contributed by atoms with van der Waals surface area (Å²) in [4.78, 5) is 4.67. The summed E-state index contributed by atoms with van der Waals surface area (Å²) in [5.74, 6) is 2.05. The maximum Gasteiger partial charge on any atom is 0.246 e. The highest BCUT2D eigenvalue weighted by molar-refractivity contribution is 5.09. The van der Waals surface area contributed by atoms with Gasteiger partial charge in [0.25, 0.3) is 0 Å². The van der Waals surface area contributed by atoms with E-state index in [-0.39, 0.29) is 5.60 Å². The lowest BCUT2D eigenvalue weighted by Gasteiger charge is -2.35. The van der Waals surface area contributed by atoms with Gasteiger partial charge in [0, 0.05) is 7.11 Å². The summed E-state index contributed by atoms with van der Waals surface area (Å²) in [7, 11) is 1.75. The topological polar surface area (TPSA) is 74.2 Å². The van der Waals surface area contributed by atoms with Crippen LogP contribution in [0.4, 0.5) is 0 Å². The van der Waals surface area contributed by atoms with Gasteiger partial charge in [0.1, 0.15) is 5.60 Å². The number of nitrogens with two attached hydrogens (primary N) is 1. The van der Waals surface area contributed by atoms with Crippen molar-refractivity contribution in [2.24, 2.45) is 11.7 Å². The third kappa shape index (κ3) is 2.73. The van der Waals surface area contributed by atoms with Crippen molar-refractivity contribution in [1.29, 1.82) is 0 Å². The van der Waals surface area contributed by atoms with Crippen LogP contribution in [0, 0.1) is 5.92 Å². The van der Waals surface area contributed by atoms with E-state index in [1.54, 1.807) is 7.11 Å². The van der Waals surface area contributed by atoms with Crippen LogP contribution in [0.25, 0.3) is 0 Å². The minimum atomic E-state index is -0.430. The Bertz CT molecular complexity index is 472. The summed E-state index contributed by atoms with van der Waals surface area (Å²) in [5, 5.41) is 4.24. The molecule has 2 aliphatic carbocycles. The zero-order valence-corrected chi connectivity index (χ0v) is 13.2. The average molecular weight is 293 g/mol. The lowest BCUT2D eigenvalue weighted by Crippen LogP contribution is -2.39. The number of hydrogen-bond donors (Lipinski definition) is 1.